The fraction of sp³-hybridized carbons (Fsp3) is 0.600. The van der Waals surface area contributed by atoms with E-state index in [4.69, 9.17) is 10.5 Å². The summed E-state index contributed by atoms with van der Waals surface area (Å²) in [5, 5.41) is 0. The van der Waals surface area contributed by atoms with Crippen molar-refractivity contribution in [2.24, 2.45) is 11.7 Å². The first-order valence-corrected chi connectivity index (χ1v) is 6.77. The summed E-state index contributed by atoms with van der Waals surface area (Å²) in [4.78, 5) is 2.46. The zero-order valence-corrected chi connectivity index (χ0v) is 11.6. The Morgan fingerprint density at radius 1 is 1.33 bits per heavy atom. The molecule has 0 saturated carbocycles. The topological polar surface area (TPSA) is 38.5 Å². The molecule has 1 aliphatic heterocycles. The maximum Gasteiger partial charge on any atom is 0.119 e. The predicted octanol–water partition coefficient (Wildman–Crippen LogP) is 2.65. The summed E-state index contributed by atoms with van der Waals surface area (Å²) in [6.07, 6.45) is 1.16. The van der Waals surface area contributed by atoms with Crippen LogP contribution in [0, 0.1) is 5.92 Å². The third-order valence-corrected chi connectivity index (χ3v) is 3.75. The van der Waals surface area contributed by atoms with Crippen LogP contribution in [0.25, 0.3) is 0 Å². The lowest BCUT2D eigenvalue weighted by molar-refractivity contribution is 0.340. The lowest BCUT2D eigenvalue weighted by Gasteiger charge is -2.33. The molecule has 0 spiro atoms. The van der Waals surface area contributed by atoms with Gasteiger partial charge < -0.3 is 15.4 Å². The first-order valence-electron chi connectivity index (χ1n) is 6.77. The van der Waals surface area contributed by atoms with Crippen molar-refractivity contribution in [3.63, 3.8) is 0 Å². The number of nitrogens with zero attached hydrogens (tertiary/aromatic N) is 1. The molecule has 0 radical (unpaired) electrons. The highest BCUT2D eigenvalue weighted by molar-refractivity contribution is 5.52. The molecular formula is C15H24N2O. The minimum Gasteiger partial charge on any atom is -0.494 e. The van der Waals surface area contributed by atoms with Crippen LogP contribution in [0.1, 0.15) is 27.2 Å². The molecule has 0 bridgehead atoms. The van der Waals surface area contributed by atoms with Crippen molar-refractivity contribution >= 4 is 5.69 Å². The minimum atomic E-state index is 0.192. The molecule has 0 amide bonds. The summed E-state index contributed by atoms with van der Waals surface area (Å²) < 4.78 is 5.48. The van der Waals surface area contributed by atoms with Crippen LogP contribution in [0.15, 0.2) is 24.3 Å². The molecular weight excluding hydrogens is 224 g/mol. The van der Waals surface area contributed by atoms with E-state index in [1.54, 1.807) is 0 Å². The van der Waals surface area contributed by atoms with Crippen LogP contribution in [0.5, 0.6) is 5.75 Å². The second kappa shape index (κ2) is 5.19. The molecule has 2 rings (SSSR count). The fourth-order valence-electron chi connectivity index (χ4n) is 2.89. The van der Waals surface area contributed by atoms with Gasteiger partial charge in [-0.2, -0.15) is 0 Å². The van der Waals surface area contributed by atoms with E-state index in [2.05, 4.69) is 30.9 Å². The molecule has 1 fully saturated rings. The van der Waals surface area contributed by atoms with Gasteiger partial charge in [0.2, 0.25) is 0 Å². The van der Waals surface area contributed by atoms with Gasteiger partial charge in [-0.1, -0.05) is 0 Å². The van der Waals surface area contributed by atoms with E-state index in [0.29, 0.717) is 12.5 Å². The van der Waals surface area contributed by atoms with Gasteiger partial charge in [0.25, 0.3) is 0 Å². The lowest BCUT2D eigenvalue weighted by Crippen LogP contribution is -2.38. The number of ether oxygens (including phenoxy) is 1. The number of nitrogens with two attached hydrogens (primary N) is 1. The molecule has 100 valence electrons. The van der Waals surface area contributed by atoms with Gasteiger partial charge in [-0.25, -0.2) is 0 Å². The Labute approximate surface area is 110 Å². The van der Waals surface area contributed by atoms with Crippen molar-refractivity contribution in [2.75, 3.05) is 24.6 Å². The SMILES string of the molecule is CCOc1ccc(N2CC(CN)CC2(C)C)cc1. The van der Waals surface area contributed by atoms with Crippen molar-refractivity contribution in [3.05, 3.63) is 24.3 Å². The molecule has 2 N–H and O–H groups in total. The van der Waals surface area contributed by atoms with E-state index in [0.717, 1.165) is 25.3 Å². The molecule has 0 aromatic heterocycles. The highest BCUT2D eigenvalue weighted by Crippen LogP contribution is 2.36. The Morgan fingerprint density at radius 3 is 2.50 bits per heavy atom. The van der Waals surface area contributed by atoms with Gasteiger partial charge in [-0.15, -0.1) is 0 Å². The Hall–Kier alpha value is -1.22. The Morgan fingerprint density at radius 2 is 2.00 bits per heavy atom. The summed E-state index contributed by atoms with van der Waals surface area (Å²) >= 11 is 0. The van der Waals surface area contributed by atoms with Crippen LogP contribution in [0.2, 0.25) is 0 Å². The van der Waals surface area contributed by atoms with Gasteiger partial charge in [-0.3, -0.25) is 0 Å². The monoisotopic (exact) mass is 248 g/mol. The predicted molar refractivity (Wildman–Crippen MR) is 76.2 cm³/mol. The Bertz CT molecular complexity index is 386. The quantitative estimate of drug-likeness (QED) is 0.890. The third-order valence-electron chi connectivity index (χ3n) is 3.75. The van der Waals surface area contributed by atoms with Crippen molar-refractivity contribution in [2.45, 2.75) is 32.7 Å². The number of hydrogen-bond donors (Lipinski definition) is 1. The highest BCUT2D eigenvalue weighted by atomic mass is 16.5. The third kappa shape index (κ3) is 2.61. The Balaban J connectivity index is 2.15. The maximum absolute atomic E-state index is 5.81. The van der Waals surface area contributed by atoms with E-state index in [1.807, 2.05) is 19.1 Å². The molecule has 1 aliphatic rings. The van der Waals surface area contributed by atoms with Crippen LogP contribution in [0.3, 0.4) is 0 Å². The van der Waals surface area contributed by atoms with Crippen molar-refractivity contribution in [1.29, 1.82) is 0 Å². The van der Waals surface area contributed by atoms with Crippen LogP contribution < -0.4 is 15.4 Å². The molecule has 1 atom stereocenters. The van der Waals surface area contributed by atoms with E-state index >= 15 is 0 Å². The van der Waals surface area contributed by atoms with Crippen LogP contribution in [0.4, 0.5) is 5.69 Å². The summed E-state index contributed by atoms with van der Waals surface area (Å²) in [5.41, 5.74) is 7.27. The maximum atomic E-state index is 5.81. The summed E-state index contributed by atoms with van der Waals surface area (Å²) in [6.45, 7) is 9.12. The average Bonchev–Trinajstić information content (AvgIpc) is 2.66. The molecule has 1 aromatic carbocycles. The Kier molecular flexibility index (Phi) is 3.81. The van der Waals surface area contributed by atoms with Gasteiger partial charge in [0.1, 0.15) is 5.75 Å². The largest absolute Gasteiger partial charge is 0.494 e. The van der Waals surface area contributed by atoms with Crippen molar-refractivity contribution in [3.8, 4) is 5.75 Å². The van der Waals surface area contributed by atoms with E-state index in [9.17, 15) is 0 Å². The summed E-state index contributed by atoms with van der Waals surface area (Å²) in [7, 11) is 0. The average molecular weight is 248 g/mol. The molecule has 18 heavy (non-hydrogen) atoms. The van der Waals surface area contributed by atoms with Gasteiger partial charge in [0, 0.05) is 17.8 Å². The van der Waals surface area contributed by atoms with Gasteiger partial charge in [0.15, 0.2) is 0 Å². The second-order valence-corrected chi connectivity index (χ2v) is 5.66. The first-order chi connectivity index (χ1) is 8.56. The van der Waals surface area contributed by atoms with E-state index < -0.39 is 0 Å². The molecule has 3 nitrogen and oxygen atoms in total. The smallest absolute Gasteiger partial charge is 0.119 e. The molecule has 1 saturated heterocycles. The molecule has 3 heteroatoms. The first kappa shape index (κ1) is 13.2. The van der Waals surface area contributed by atoms with Crippen LogP contribution >= 0.6 is 0 Å². The number of hydrogen-bond acceptors (Lipinski definition) is 3. The van der Waals surface area contributed by atoms with E-state index in [1.165, 1.54) is 5.69 Å². The minimum absolute atomic E-state index is 0.192. The zero-order valence-electron chi connectivity index (χ0n) is 11.6. The van der Waals surface area contributed by atoms with Crippen molar-refractivity contribution < 1.29 is 4.74 Å². The fourth-order valence-corrected chi connectivity index (χ4v) is 2.89. The standard InChI is InChI=1S/C15H24N2O/c1-4-18-14-7-5-13(6-8-14)17-11-12(10-16)9-15(17,2)3/h5-8,12H,4,9-11,16H2,1-3H3. The zero-order chi connectivity index (χ0) is 13.2. The highest BCUT2D eigenvalue weighted by Gasteiger charge is 2.37. The lowest BCUT2D eigenvalue weighted by atomic mass is 9.96. The molecule has 1 unspecified atom stereocenters. The van der Waals surface area contributed by atoms with Crippen molar-refractivity contribution in [1.82, 2.24) is 0 Å². The molecule has 1 aromatic rings. The summed E-state index contributed by atoms with van der Waals surface area (Å²) in [5.74, 6) is 1.54. The second-order valence-electron chi connectivity index (χ2n) is 5.66. The normalized spacial score (nSPS) is 22.2. The number of anilines is 1. The van der Waals surface area contributed by atoms with E-state index in [-0.39, 0.29) is 5.54 Å². The van der Waals surface area contributed by atoms with Gasteiger partial charge in [0.05, 0.1) is 6.61 Å². The molecule has 0 aliphatic carbocycles. The number of rotatable bonds is 4. The van der Waals surface area contributed by atoms with Gasteiger partial charge >= 0.3 is 0 Å². The molecule has 1 heterocycles. The number of benzene rings is 1. The van der Waals surface area contributed by atoms with Gasteiger partial charge in [-0.05, 0) is 63.9 Å². The van der Waals surface area contributed by atoms with Crippen LogP contribution in [-0.2, 0) is 0 Å². The van der Waals surface area contributed by atoms with Crippen LogP contribution in [-0.4, -0.2) is 25.2 Å². The summed E-state index contributed by atoms with van der Waals surface area (Å²) in [6, 6.07) is 8.38.